The lowest BCUT2D eigenvalue weighted by atomic mass is 10.1. The summed E-state index contributed by atoms with van der Waals surface area (Å²) in [5, 5.41) is 9.84. The molecule has 0 radical (unpaired) electrons. The summed E-state index contributed by atoms with van der Waals surface area (Å²) in [7, 11) is 4.17. The average Bonchev–Trinajstić information content (AvgIpc) is 2.61. The highest BCUT2D eigenvalue weighted by Gasteiger charge is 2.30. The molecule has 1 aliphatic heterocycles. The fourth-order valence-corrected chi connectivity index (χ4v) is 2.85. The standard InChI is InChI=1S/C14H21BrN2O/c1-16(2)9-13-7-14(18)10-17(13)8-11-3-5-12(15)6-4-11/h3-6,13-14,18H,7-10H2,1-2H3. The maximum atomic E-state index is 9.84. The van der Waals surface area contributed by atoms with Crippen LogP contribution in [-0.4, -0.2) is 54.2 Å². The highest BCUT2D eigenvalue weighted by Crippen LogP contribution is 2.21. The Bertz CT molecular complexity index is 380. The minimum absolute atomic E-state index is 0.176. The Hall–Kier alpha value is -0.420. The Labute approximate surface area is 118 Å². The number of likely N-dealkylation sites (tertiary alicyclic amines) is 1. The van der Waals surface area contributed by atoms with Crippen LogP contribution in [0.4, 0.5) is 0 Å². The molecule has 4 heteroatoms. The number of rotatable bonds is 4. The van der Waals surface area contributed by atoms with Gasteiger partial charge in [0.05, 0.1) is 6.10 Å². The first kappa shape index (κ1) is 14.0. The predicted octanol–water partition coefficient (Wildman–Crippen LogP) is 1.95. The van der Waals surface area contributed by atoms with Gasteiger partial charge in [-0.3, -0.25) is 4.90 Å². The molecule has 0 saturated carbocycles. The zero-order chi connectivity index (χ0) is 13.1. The molecule has 1 N–H and O–H groups in total. The van der Waals surface area contributed by atoms with Crippen molar-refractivity contribution in [1.29, 1.82) is 0 Å². The van der Waals surface area contributed by atoms with Crippen LogP contribution >= 0.6 is 15.9 Å². The zero-order valence-electron chi connectivity index (χ0n) is 11.0. The molecule has 0 aliphatic carbocycles. The van der Waals surface area contributed by atoms with Crippen LogP contribution in [0.2, 0.25) is 0 Å². The minimum Gasteiger partial charge on any atom is -0.392 e. The lowest BCUT2D eigenvalue weighted by Crippen LogP contribution is -2.37. The summed E-state index contributed by atoms with van der Waals surface area (Å²) in [6.45, 7) is 2.71. The van der Waals surface area contributed by atoms with Gasteiger partial charge in [0.15, 0.2) is 0 Å². The molecule has 0 aromatic heterocycles. The summed E-state index contributed by atoms with van der Waals surface area (Å²) in [6.07, 6.45) is 0.708. The molecule has 2 unspecified atom stereocenters. The topological polar surface area (TPSA) is 26.7 Å². The molecule has 1 aromatic carbocycles. The van der Waals surface area contributed by atoms with Crippen LogP contribution < -0.4 is 0 Å². The third kappa shape index (κ3) is 3.79. The molecule has 1 aliphatic rings. The summed E-state index contributed by atoms with van der Waals surface area (Å²) in [6, 6.07) is 8.88. The number of aliphatic hydroxyl groups is 1. The van der Waals surface area contributed by atoms with Gasteiger partial charge in [0.1, 0.15) is 0 Å². The van der Waals surface area contributed by atoms with Crippen LogP contribution in [0.3, 0.4) is 0 Å². The molecule has 1 saturated heterocycles. The van der Waals surface area contributed by atoms with Gasteiger partial charge in [-0.2, -0.15) is 0 Å². The van der Waals surface area contributed by atoms with Crippen molar-refractivity contribution in [2.45, 2.75) is 25.1 Å². The van der Waals surface area contributed by atoms with E-state index in [4.69, 9.17) is 0 Å². The number of aliphatic hydroxyl groups excluding tert-OH is 1. The second-order valence-electron chi connectivity index (χ2n) is 5.36. The van der Waals surface area contributed by atoms with E-state index in [2.05, 4.69) is 64.1 Å². The third-order valence-electron chi connectivity index (χ3n) is 3.38. The summed E-state index contributed by atoms with van der Waals surface area (Å²) in [4.78, 5) is 4.57. The van der Waals surface area contributed by atoms with Gasteiger partial charge >= 0.3 is 0 Å². The minimum atomic E-state index is -0.176. The summed E-state index contributed by atoms with van der Waals surface area (Å²) in [5.41, 5.74) is 1.30. The van der Waals surface area contributed by atoms with Crippen molar-refractivity contribution in [3.05, 3.63) is 34.3 Å². The van der Waals surface area contributed by atoms with Gasteiger partial charge in [0.2, 0.25) is 0 Å². The van der Waals surface area contributed by atoms with E-state index in [0.717, 1.165) is 30.5 Å². The molecule has 0 spiro atoms. The van der Waals surface area contributed by atoms with E-state index in [9.17, 15) is 5.11 Å². The molecule has 1 fully saturated rings. The number of likely N-dealkylation sites (N-methyl/N-ethyl adjacent to an activating group) is 1. The van der Waals surface area contributed by atoms with Crippen molar-refractivity contribution >= 4 is 15.9 Å². The quantitative estimate of drug-likeness (QED) is 0.920. The molecule has 1 heterocycles. The first-order valence-corrected chi connectivity index (χ1v) is 7.15. The molecule has 1 aromatic rings. The van der Waals surface area contributed by atoms with E-state index in [1.54, 1.807) is 0 Å². The monoisotopic (exact) mass is 312 g/mol. The van der Waals surface area contributed by atoms with Crippen LogP contribution in [-0.2, 0) is 6.54 Å². The molecule has 0 bridgehead atoms. The zero-order valence-corrected chi connectivity index (χ0v) is 12.6. The van der Waals surface area contributed by atoms with Crippen molar-refractivity contribution < 1.29 is 5.11 Å². The highest BCUT2D eigenvalue weighted by atomic mass is 79.9. The lowest BCUT2D eigenvalue weighted by molar-refractivity contribution is 0.169. The Balaban J connectivity index is 2.00. The molecular weight excluding hydrogens is 292 g/mol. The van der Waals surface area contributed by atoms with Gasteiger partial charge in [-0.25, -0.2) is 0 Å². The van der Waals surface area contributed by atoms with Crippen LogP contribution in [0.5, 0.6) is 0 Å². The van der Waals surface area contributed by atoms with Gasteiger partial charge in [0.25, 0.3) is 0 Å². The van der Waals surface area contributed by atoms with Crippen molar-refractivity contribution in [3.63, 3.8) is 0 Å². The fraction of sp³-hybridized carbons (Fsp3) is 0.571. The molecule has 0 amide bonds. The Morgan fingerprint density at radius 3 is 2.61 bits per heavy atom. The van der Waals surface area contributed by atoms with Gasteiger partial charge in [-0.15, -0.1) is 0 Å². The number of hydrogen-bond acceptors (Lipinski definition) is 3. The van der Waals surface area contributed by atoms with Crippen molar-refractivity contribution in [1.82, 2.24) is 9.80 Å². The Morgan fingerprint density at radius 1 is 1.33 bits per heavy atom. The Morgan fingerprint density at radius 2 is 2.00 bits per heavy atom. The maximum absolute atomic E-state index is 9.84. The first-order valence-electron chi connectivity index (χ1n) is 6.36. The SMILES string of the molecule is CN(C)CC1CC(O)CN1Cc1ccc(Br)cc1. The van der Waals surface area contributed by atoms with Crippen LogP contribution in [0.1, 0.15) is 12.0 Å². The van der Waals surface area contributed by atoms with E-state index in [1.807, 2.05) is 0 Å². The van der Waals surface area contributed by atoms with Crippen molar-refractivity contribution in [2.75, 3.05) is 27.2 Å². The van der Waals surface area contributed by atoms with E-state index in [0.29, 0.717) is 6.04 Å². The van der Waals surface area contributed by atoms with Gasteiger partial charge in [0, 0.05) is 30.1 Å². The molecule has 18 heavy (non-hydrogen) atoms. The number of β-amino-alcohol motifs (C(OH)–C–C–N with tert-alkyl or cyclic N) is 1. The first-order chi connectivity index (χ1) is 8.54. The molecule has 2 rings (SSSR count). The highest BCUT2D eigenvalue weighted by molar-refractivity contribution is 9.10. The molecular formula is C14H21BrN2O. The number of benzene rings is 1. The number of nitrogens with zero attached hydrogens (tertiary/aromatic N) is 2. The molecule has 2 atom stereocenters. The summed E-state index contributed by atoms with van der Waals surface area (Å²) in [5.74, 6) is 0. The van der Waals surface area contributed by atoms with E-state index < -0.39 is 0 Å². The molecule has 100 valence electrons. The maximum Gasteiger partial charge on any atom is 0.0682 e. The van der Waals surface area contributed by atoms with Crippen molar-refractivity contribution in [2.24, 2.45) is 0 Å². The average molecular weight is 313 g/mol. The largest absolute Gasteiger partial charge is 0.392 e. The fourth-order valence-electron chi connectivity index (χ4n) is 2.59. The normalized spacial score (nSPS) is 24.9. The van der Waals surface area contributed by atoms with E-state index >= 15 is 0 Å². The van der Waals surface area contributed by atoms with Crippen LogP contribution in [0.15, 0.2) is 28.7 Å². The van der Waals surface area contributed by atoms with Crippen LogP contribution in [0, 0.1) is 0 Å². The van der Waals surface area contributed by atoms with Gasteiger partial charge in [-0.1, -0.05) is 28.1 Å². The summed E-state index contributed by atoms with van der Waals surface area (Å²) >= 11 is 3.45. The lowest BCUT2D eigenvalue weighted by Gasteiger charge is -2.26. The Kier molecular flexibility index (Phi) is 4.78. The van der Waals surface area contributed by atoms with Gasteiger partial charge in [-0.05, 0) is 38.2 Å². The number of hydrogen-bond donors (Lipinski definition) is 1. The van der Waals surface area contributed by atoms with E-state index in [-0.39, 0.29) is 6.10 Å². The number of halogens is 1. The molecule has 3 nitrogen and oxygen atoms in total. The van der Waals surface area contributed by atoms with Crippen LogP contribution in [0.25, 0.3) is 0 Å². The van der Waals surface area contributed by atoms with Crippen molar-refractivity contribution in [3.8, 4) is 0 Å². The third-order valence-corrected chi connectivity index (χ3v) is 3.91. The predicted molar refractivity (Wildman–Crippen MR) is 77.5 cm³/mol. The van der Waals surface area contributed by atoms with Gasteiger partial charge < -0.3 is 10.0 Å². The summed E-state index contributed by atoms with van der Waals surface area (Å²) < 4.78 is 1.11. The second-order valence-corrected chi connectivity index (χ2v) is 6.28. The second kappa shape index (κ2) is 6.15. The van der Waals surface area contributed by atoms with E-state index in [1.165, 1.54) is 5.56 Å². The smallest absolute Gasteiger partial charge is 0.0682 e.